The predicted octanol–water partition coefficient (Wildman–Crippen LogP) is 2.94. The highest BCUT2D eigenvalue weighted by Gasteiger charge is 2.18. The molecule has 6 heteroatoms. The van der Waals surface area contributed by atoms with Crippen molar-refractivity contribution < 1.29 is 14.3 Å². The first-order valence-electron chi connectivity index (χ1n) is 6.84. The summed E-state index contributed by atoms with van der Waals surface area (Å²) in [6, 6.07) is 7.70. The van der Waals surface area contributed by atoms with E-state index in [0.29, 0.717) is 6.61 Å². The van der Waals surface area contributed by atoms with E-state index in [2.05, 4.69) is 5.32 Å². The van der Waals surface area contributed by atoms with Crippen LogP contribution >= 0.6 is 24.8 Å². The SMILES string of the molecule is CCOC(=O)C(C)c1ccc(O[C@H]2CCNC2)cc1.Cl.Cl. The number of carbonyl (C=O) groups excluding carboxylic acids is 1. The van der Waals surface area contributed by atoms with Crippen molar-refractivity contribution in [1.82, 2.24) is 5.32 Å². The van der Waals surface area contributed by atoms with Crippen molar-refractivity contribution in [3.05, 3.63) is 29.8 Å². The van der Waals surface area contributed by atoms with Gasteiger partial charge in [0.1, 0.15) is 11.9 Å². The molecule has 1 aliphatic rings. The highest BCUT2D eigenvalue weighted by atomic mass is 35.5. The van der Waals surface area contributed by atoms with Crippen LogP contribution < -0.4 is 10.1 Å². The average molecular weight is 336 g/mol. The number of ether oxygens (including phenoxy) is 2. The van der Waals surface area contributed by atoms with E-state index in [1.807, 2.05) is 38.1 Å². The molecule has 21 heavy (non-hydrogen) atoms. The monoisotopic (exact) mass is 335 g/mol. The van der Waals surface area contributed by atoms with Gasteiger partial charge in [0.25, 0.3) is 0 Å². The van der Waals surface area contributed by atoms with Gasteiger partial charge in [0.2, 0.25) is 0 Å². The summed E-state index contributed by atoms with van der Waals surface area (Å²) in [5.74, 6) is 0.437. The van der Waals surface area contributed by atoms with E-state index in [4.69, 9.17) is 9.47 Å². The van der Waals surface area contributed by atoms with Gasteiger partial charge in [0.15, 0.2) is 0 Å². The molecule has 1 N–H and O–H groups in total. The van der Waals surface area contributed by atoms with Gasteiger partial charge in [-0.15, -0.1) is 24.8 Å². The van der Waals surface area contributed by atoms with E-state index >= 15 is 0 Å². The molecule has 0 aromatic heterocycles. The Kier molecular flexibility index (Phi) is 9.42. The van der Waals surface area contributed by atoms with Gasteiger partial charge in [-0.05, 0) is 44.5 Å². The van der Waals surface area contributed by atoms with E-state index in [9.17, 15) is 4.79 Å². The van der Waals surface area contributed by atoms with Crippen LogP contribution in [-0.2, 0) is 9.53 Å². The fraction of sp³-hybridized carbons (Fsp3) is 0.533. The van der Waals surface area contributed by atoms with E-state index < -0.39 is 0 Å². The molecule has 1 saturated heterocycles. The molecule has 0 saturated carbocycles. The zero-order valence-corrected chi connectivity index (χ0v) is 14.0. The fourth-order valence-corrected chi connectivity index (χ4v) is 2.16. The summed E-state index contributed by atoms with van der Waals surface area (Å²) in [4.78, 5) is 11.6. The lowest BCUT2D eigenvalue weighted by Gasteiger charge is -2.14. The topological polar surface area (TPSA) is 47.6 Å². The highest BCUT2D eigenvalue weighted by Crippen LogP contribution is 2.21. The third-order valence-corrected chi connectivity index (χ3v) is 3.34. The molecule has 1 aliphatic heterocycles. The Balaban J connectivity index is 0.00000200. The van der Waals surface area contributed by atoms with Crippen LogP contribution in [0.1, 0.15) is 31.7 Å². The van der Waals surface area contributed by atoms with Crippen LogP contribution in [0.3, 0.4) is 0 Å². The summed E-state index contributed by atoms with van der Waals surface area (Å²) in [5.41, 5.74) is 0.954. The average Bonchev–Trinajstić information content (AvgIpc) is 2.92. The van der Waals surface area contributed by atoms with Crippen LogP contribution in [0.2, 0.25) is 0 Å². The lowest BCUT2D eigenvalue weighted by molar-refractivity contribution is -0.144. The number of benzene rings is 1. The number of hydrogen-bond donors (Lipinski definition) is 1. The van der Waals surface area contributed by atoms with Crippen molar-refractivity contribution in [2.24, 2.45) is 0 Å². The standard InChI is InChI=1S/C15H21NO3.2ClH/c1-3-18-15(17)11(2)12-4-6-13(7-5-12)19-14-8-9-16-10-14;;/h4-7,11,14,16H,3,8-10H2,1-2H3;2*1H/t11?,14-;;/m0../s1. The van der Waals surface area contributed by atoms with Crippen LogP contribution in [0, 0.1) is 0 Å². The summed E-state index contributed by atoms with van der Waals surface area (Å²) < 4.78 is 10.9. The molecule has 2 atom stereocenters. The second kappa shape index (κ2) is 9.87. The maximum Gasteiger partial charge on any atom is 0.313 e. The Morgan fingerprint density at radius 3 is 2.52 bits per heavy atom. The molecule has 0 amide bonds. The van der Waals surface area contributed by atoms with Crippen LogP contribution in [0.5, 0.6) is 5.75 Å². The number of carbonyl (C=O) groups is 1. The zero-order valence-electron chi connectivity index (χ0n) is 12.3. The Morgan fingerprint density at radius 1 is 1.33 bits per heavy atom. The third-order valence-electron chi connectivity index (χ3n) is 3.34. The molecule has 0 radical (unpaired) electrons. The van der Waals surface area contributed by atoms with Crippen LogP contribution in [0.25, 0.3) is 0 Å². The quantitative estimate of drug-likeness (QED) is 0.840. The van der Waals surface area contributed by atoms with Crippen molar-refractivity contribution in [3.8, 4) is 5.75 Å². The number of rotatable bonds is 5. The molecule has 120 valence electrons. The first-order valence-corrected chi connectivity index (χ1v) is 6.84. The molecule has 4 nitrogen and oxygen atoms in total. The summed E-state index contributed by atoms with van der Waals surface area (Å²) in [5, 5.41) is 3.26. The van der Waals surface area contributed by atoms with Gasteiger partial charge in [0.05, 0.1) is 12.5 Å². The van der Waals surface area contributed by atoms with Crippen molar-refractivity contribution in [2.75, 3.05) is 19.7 Å². The third kappa shape index (κ3) is 5.73. The molecule has 2 rings (SSSR count). The lowest BCUT2D eigenvalue weighted by Crippen LogP contribution is -2.19. The van der Waals surface area contributed by atoms with Crippen molar-refractivity contribution >= 4 is 30.8 Å². The Hall–Kier alpha value is -0.970. The second-order valence-corrected chi connectivity index (χ2v) is 4.78. The molecule has 0 spiro atoms. The van der Waals surface area contributed by atoms with Crippen LogP contribution in [0.4, 0.5) is 0 Å². The number of halogens is 2. The summed E-state index contributed by atoms with van der Waals surface area (Å²) in [6.45, 7) is 6.01. The predicted molar refractivity (Wildman–Crippen MR) is 87.9 cm³/mol. The molecule has 0 bridgehead atoms. The van der Waals surface area contributed by atoms with Gasteiger partial charge in [-0.25, -0.2) is 0 Å². The minimum Gasteiger partial charge on any atom is -0.489 e. The molecule has 0 aliphatic carbocycles. The number of hydrogen-bond acceptors (Lipinski definition) is 4. The van der Waals surface area contributed by atoms with Gasteiger partial charge in [-0.3, -0.25) is 4.79 Å². The minimum atomic E-state index is -0.234. The Morgan fingerprint density at radius 2 is 2.00 bits per heavy atom. The second-order valence-electron chi connectivity index (χ2n) is 4.78. The van der Waals surface area contributed by atoms with Crippen LogP contribution in [-0.4, -0.2) is 31.8 Å². The maximum atomic E-state index is 11.6. The Labute approximate surface area is 138 Å². The first-order chi connectivity index (χ1) is 9.20. The highest BCUT2D eigenvalue weighted by molar-refractivity contribution is 5.85. The molecule has 1 aromatic rings. The summed E-state index contributed by atoms with van der Waals surface area (Å²) in [7, 11) is 0. The van der Waals surface area contributed by atoms with Gasteiger partial charge in [-0.2, -0.15) is 0 Å². The van der Waals surface area contributed by atoms with Crippen molar-refractivity contribution in [2.45, 2.75) is 32.3 Å². The zero-order chi connectivity index (χ0) is 13.7. The van der Waals surface area contributed by atoms with Gasteiger partial charge in [0, 0.05) is 6.54 Å². The van der Waals surface area contributed by atoms with Gasteiger partial charge < -0.3 is 14.8 Å². The normalized spacial score (nSPS) is 18.1. The van der Waals surface area contributed by atoms with Crippen LogP contribution in [0.15, 0.2) is 24.3 Å². The number of esters is 1. The van der Waals surface area contributed by atoms with Crippen molar-refractivity contribution in [3.63, 3.8) is 0 Å². The largest absolute Gasteiger partial charge is 0.489 e. The maximum absolute atomic E-state index is 11.6. The molecular weight excluding hydrogens is 313 g/mol. The van der Waals surface area contributed by atoms with Gasteiger partial charge >= 0.3 is 5.97 Å². The minimum absolute atomic E-state index is 0. The van der Waals surface area contributed by atoms with E-state index in [1.165, 1.54) is 0 Å². The van der Waals surface area contributed by atoms with Crippen molar-refractivity contribution in [1.29, 1.82) is 0 Å². The summed E-state index contributed by atoms with van der Waals surface area (Å²) in [6.07, 6.45) is 1.30. The first kappa shape index (κ1) is 20.0. The van der Waals surface area contributed by atoms with Gasteiger partial charge in [-0.1, -0.05) is 12.1 Å². The smallest absolute Gasteiger partial charge is 0.313 e. The Bertz CT molecular complexity index is 419. The lowest BCUT2D eigenvalue weighted by atomic mass is 10.0. The van der Waals surface area contributed by atoms with E-state index in [-0.39, 0.29) is 42.8 Å². The van der Waals surface area contributed by atoms with E-state index in [1.54, 1.807) is 0 Å². The molecular formula is C15H23Cl2NO3. The fourth-order valence-electron chi connectivity index (χ4n) is 2.16. The number of nitrogens with one attached hydrogen (secondary N) is 1. The molecule has 1 aromatic carbocycles. The molecule has 1 fully saturated rings. The molecule has 1 heterocycles. The molecule has 1 unspecified atom stereocenters. The summed E-state index contributed by atoms with van der Waals surface area (Å²) >= 11 is 0. The van der Waals surface area contributed by atoms with E-state index in [0.717, 1.165) is 30.8 Å².